The van der Waals surface area contributed by atoms with Gasteiger partial charge in [0, 0.05) is 4.47 Å². The number of amides is 1. The van der Waals surface area contributed by atoms with Gasteiger partial charge < -0.3 is 4.74 Å². The second-order valence-corrected chi connectivity index (χ2v) is 4.98. The second-order valence-electron chi connectivity index (χ2n) is 3.66. The number of H-pyrrole nitrogens is 1. The minimum atomic E-state index is -0.363. The number of ether oxygens (including phenoxy) is 1. The van der Waals surface area contributed by atoms with Gasteiger partial charge in [-0.05, 0) is 25.1 Å². The van der Waals surface area contributed by atoms with E-state index in [9.17, 15) is 4.79 Å². The van der Waals surface area contributed by atoms with Crippen LogP contribution < -0.4 is 10.1 Å². The Morgan fingerprint density at radius 3 is 3.00 bits per heavy atom. The number of anilines is 1. The Bertz CT molecular complexity index is 602. The van der Waals surface area contributed by atoms with Crippen molar-refractivity contribution in [1.82, 2.24) is 15.2 Å². The molecule has 0 aliphatic heterocycles. The molecule has 1 aromatic carbocycles. The van der Waals surface area contributed by atoms with Crippen molar-refractivity contribution in [3.05, 3.63) is 33.5 Å². The van der Waals surface area contributed by atoms with Crippen LogP contribution in [0.5, 0.6) is 5.75 Å². The topological polar surface area (TPSA) is 79.9 Å². The zero-order valence-electron chi connectivity index (χ0n) is 9.91. The van der Waals surface area contributed by atoms with E-state index in [1.54, 1.807) is 25.1 Å². The van der Waals surface area contributed by atoms with E-state index in [-0.39, 0.29) is 18.5 Å². The third-order valence-electron chi connectivity index (χ3n) is 2.10. The van der Waals surface area contributed by atoms with Crippen LogP contribution in [0.1, 0.15) is 5.82 Å². The van der Waals surface area contributed by atoms with Crippen molar-refractivity contribution in [3.8, 4) is 5.75 Å². The maximum absolute atomic E-state index is 11.6. The molecule has 19 heavy (non-hydrogen) atoms. The Morgan fingerprint density at radius 2 is 2.37 bits per heavy atom. The summed E-state index contributed by atoms with van der Waals surface area (Å²) < 4.78 is 6.14. The van der Waals surface area contributed by atoms with Gasteiger partial charge in [0.1, 0.15) is 11.6 Å². The Kier molecular flexibility index (Phi) is 4.39. The van der Waals surface area contributed by atoms with Gasteiger partial charge in [0.05, 0.1) is 5.02 Å². The molecule has 0 unspecified atom stereocenters. The van der Waals surface area contributed by atoms with Crippen molar-refractivity contribution in [1.29, 1.82) is 0 Å². The van der Waals surface area contributed by atoms with Gasteiger partial charge in [-0.15, -0.1) is 5.10 Å². The number of hydrogen-bond acceptors (Lipinski definition) is 4. The Labute approximate surface area is 122 Å². The molecule has 1 aromatic heterocycles. The van der Waals surface area contributed by atoms with E-state index in [0.29, 0.717) is 16.6 Å². The average Bonchev–Trinajstić information content (AvgIpc) is 2.73. The molecule has 1 heterocycles. The van der Waals surface area contributed by atoms with Gasteiger partial charge in [-0.1, -0.05) is 27.5 Å². The van der Waals surface area contributed by atoms with E-state index in [4.69, 9.17) is 16.3 Å². The Balaban J connectivity index is 1.89. The summed E-state index contributed by atoms with van der Waals surface area (Å²) in [6.07, 6.45) is 0. The molecule has 0 radical (unpaired) electrons. The largest absolute Gasteiger partial charge is 0.482 e. The Hall–Kier alpha value is -1.60. The van der Waals surface area contributed by atoms with Crippen molar-refractivity contribution >= 4 is 39.4 Å². The average molecular weight is 346 g/mol. The normalized spacial score (nSPS) is 10.3. The monoisotopic (exact) mass is 344 g/mol. The van der Waals surface area contributed by atoms with Crippen molar-refractivity contribution < 1.29 is 9.53 Å². The molecule has 2 N–H and O–H groups in total. The van der Waals surface area contributed by atoms with Gasteiger partial charge in [0.2, 0.25) is 5.95 Å². The molecule has 0 aliphatic rings. The lowest BCUT2D eigenvalue weighted by Crippen LogP contribution is -2.21. The van der Waals surface area contributed by atoms with Crippen molar-refractivity contribution in [3.63, 3.8) is 0 Å². The van der Waals surface area contributed by atoms with E-state index in [0.717, 1.165) is 4.47 Å². The molecule has 0 saturated carbocycles. The van der Waals surface area contributed by atoms with Gasteiger partial charge >= 0.3 is 0 Å². The lowest BCUT2D eigenvalue weighted by atomic mass is 10.3. The van der Waals surface area contributed by atoms with Crippen LogP contribution in [-0.4, -0.2) is 27.7 Å². The van der Waals surface area contributed by atoms with Crippen LogP contribution in [-0.2, 0) is 4.79 Å². The lowest BCUT2D eigenvalue weighted by molar-refractivity contribution is -0.118. The maximum Gasteiger partial charge on any atom is 0.264 e. The molecule has 2 rings (SSSR count). The zero-order chi connectivity index (χ0) is 13.8. The number of nitrogens with zero attached hydrogens (tertiary/aromatic N) is 2. The highest BCUT2D eigenvalue weighted by atomic mass is 79.9. The summed E-state index contributed by atoms with van der Waals surface area (Å²) in [4.78, 5) is 15.5. The minimum Gasteiger partial charge on any atom is -0.482 e. The fourth-order valence-electron chi connectivity index (χ4n) is 1.29. The van der Waals surface area contributed by atoms with Gasteiger partial charge in [-0.25, -0.2) is 0 Å². The first kappa shape index (κ1) is 13.8. The fraction of sp³-hybridized carbons (Fsp3) is 0.182. The molecule has 0 bridgehead atoms. The summed E-state index contributed by atoms with van der Waals surface area (Å²) in [7, 11) is 0. The van der Waals surface area contributed by atoms with Gasteiger partial charge in [0.25, 0.3) is 5.91 Å². The van der Waals surface area contributed by atoms with E-state index >= 15 is 0 Å². The third kappa shape index (κ3) is 3.93. The predicted octanol–water partition coefficient (Wildman–Crippen LogP) is 2.55. The summed E-state index contributed by atoms with van der Waals surface area (Å²) in [6, 6.07) is 5.14. The first-order valence-electron chi connectivity index (χ1n) is 5.31. The summed E-state index contributed by atoms with van der Waals surface area (Å²) >= 11 is 9.24. The summed E-state index contributed by atoms with van der Waals surface area (Å²) in [5.74, 6) is 0.907. The van der Waals surface area contributed by atoms with Crippen molar-refractivity contribution in [2.75, 3.05) is 11.9 Å². The van der Waals surface area contributed by atoms with Gasteiger partial charge in [-0.3, -0.25) is 15.2 Å². The maximum atomic E-state index is 11.6. The lowest BCUT2D eigenvalue weighted by Gasteiger charge is -2.07. The number of nitrogens with one attached hydrogen (secondary N) is 2. The predicted molar refractivity (Wildman–Crippen MR) is 74.4 cm³/mol. The second kappa shape index (κ2) is 6.03. The molecule has 0 spiro atoms. The summed E-state index contributed by atoms with van der Waals surface area (Å²) in [5, 5.41) is 9.33. The van der Waals surface area contributed by atoms with E-state index in [1.165, 1.54) is 0 Å². The van der Waals surface area contributed by atoms with Crippen LogP contribution in [0.25, 0.3) is 0 Å². The number of hydrogen-bond donors (Lipinski definition) is 2. The minimum absolute atomic E-state index is 0.172. The van der Waals surface area contributed by atoms with E-state index in [1.807, 2.05) is 0 Å². The number of aryl methyl sites for hydroxylation is 1. The Morgan fingerprint density at radius 1 is 1.58 bits per heavy atom. The molecule has 0 saturated heterocycles. The molecule has 6 nitrogen and oxygen atoms in total. The smallest absolute Gasteiger partial charge is 0.264 e. The molecular weight excluding hydrogens is 336 g/mol. The van der Waals surface area contributed by atoms with Gasteiger partial charge in [-0.2, -0.15) is 4.98 Å². The summed E-state index contributed by atoms with van der Waals surface area (Å²) in [6.45, 7) is 1.57. The number of benzene rings is 1. The van der Waals surface area contributed by atoms with E-state index in [2.05, 4.69) is 36.4 Å². The standard InChI is InChI=1S/C11H10BrClN4O2/c1-6-14-11(17-16-6)15-10(18)5-19-9-3-2-7(12)4-8(9)13/h2-4H,5H2,1H3,(H2,14,15,16,17,18). The van der Waals surface area contributed by atoms with E-state index < -0.39 is 0 Å². The molecule has 2 aromatic rings. The first-order valence-corrected chi connectivity index (χ1v) is 6.48. The fourth-order valence-corrected chi connectivity index (χ4v) is 2.02. The zero-order valence-corrected chi connectivity index (χ0v) is 12.2. The number of carbonyl (C=O) groups excluding carboxylic acids is 1. The van der Waals surface area contributed by atoms with Crippen LogP contribution in [0.2, 0.25) is 5.02 Å². The van der Waals surface area contributed by atoms with Crippen LogP contribution in [0.3, 0.4) is 0 Å². The van der Waals surface area contributed by atoms with Crippen LogP contribution in [0, 0.1) is 6.92 Å². The molecule has 0 aliphatic carbocycles. The first-order chi connectivity index (χ1) is 9.04. The highest BCUT2D eigenvalue weighted by Gasteiger charge is 2.08. The number of aromatic nitrogens is 3. The SMILES string of the molecule is Cc1nc(NC(=O)COc2ccc(Br)cc2Cl)n[nH]1. The van der Waals surface area contributed by atoms with Crippen molar-refractivity contribution in [2.24, 2.45) is 0 Å². The van der Waals surface area contributed by atoms with Crippen LogP contribution >= 0.6 is 27.5 Å². The molecular formula is C11H10BrClN4O2. The quantitative estimate of drug-likeness (QED) is 0.892. The summed E-state index contributed by atoms with van der Waals surface area (Å²) in [5.41, 5.74) is 0. The van der Waals surface area contributed by atoms with Crippen LogP contribution in [0.15, 0.2) is 22.7 Å². The number of aromatic amines is 1. The third-order valence-corrected chi connectivity index (χ3v) is 2.89. The molecule has 0 fully saturated rings. The van der Waals surface area contributed by atoms with Gasteiger partial charge in [0.15, 0.2) is 6.61 Å². The number of carbonyl (C=O) groups is 1. The molecule has 0 atom stereocenters. The number of rotatable bonds is 4. The molecule has 1 amide bonds. The molecule has 100 valence electrons. The highest BCUT2D eigenvalue weighted by molar-refractivity contribution is 9.10. The van der Waals surface area contributed by atoms with Crippen LogP contribution in [0.4, 0.5) is 5.95 Å². The van der Waals surface area contributed by atoms with Crippen molar-refractivity contribution in [2.45, 2.75) is 6.92 Å². The molecule has 8 heteroatoms. The number of halogens is 2. The highest BCUT2D eigenvalue weighted by Crippen LogP contribution is 2.27.